The van der Waals surface area contributed by atoms with Gasteiger partial charge in [0.2, 0.25) is 0 Å². The fourth-order valence-electron chi connectivity index (χ4n) is 0. The van der Waals surface area contributed by atoms with Gasteiger partial charge in [-0.3, -0.25) is 4.79 Å². The molecule has 0 bridgehead atoms. The number of aliphatic hydroxyl groups is 2. The fourth-order valence-corrected chi connectivity index (χ4v) is 0. The van der Waals surface area contributed by atoms with Crippen LogP contribution in [-0.2, 0) is 4.79 Å². The third-order valence-electron chi connectivity index (χ3n) is 0.906. The van der Waals surface area contributed by atoms with Crippen molar-refractivity contribution < 1.29 is 20.1 Å². The van der Waals surface area contributed by atoms with Crippen LogP contribution in [0.2, 0.25) is 0 Å². The van der Waals surface area contributed by atoms with Crippen molar-refractivity contribution in [2.24, 2.45) is 5.41 Å². The van der Waals surface area contributed by atoms with Crippen LogP contribution in [0.25, 0.3) is 0 Å². The Labute approximate surface area is 72.8 Å². The summed E-state index contributed by atoms with van der Waals surface area (Å²) in [5, 5.41) is 24.3. The Balaban J connectivity index is 0. The van der Waals surface area contributed by atoms with Crippen molar-refractivity contribution in [1.82, 2.24) is 0 Å². The van der Waals surface area contributed by atoms with E-state index in [2.05, 4.69) is 0 Å². The third-order valence-corrected chi connectivity index (χ3v) is 0.906. The highest BCUT2D eigenvalue weighted by Gasteiger charge is 2.18. The molecular weight excluding hydrogens is 160 g/mol. The molecule has 0 saturated heterocycles. The van der Waals surface area contributed by atoms with Gasteiger partial charge < -0.3 is 15.3 Å². The van der Waals surface area contributed by atoms with Crippen LogP contribution >= 0.6 is 0 Å². The molecule has 12 heavy (non-hydrogen) atoms. The number of carboxylic acid groups (broad SMARTS) is 1. The number of aliphatic carboxylic acids is 1. The first-order valence-electron chi connectivity index (χ1n) is 3.74. The van der Waals surface area contributed by atoms with Crippen LogP contribution < -0.4 is 0 Å². The van der Waals surface area contributed by atoms with E-state index in [9.17, 15) is 4.79 Å². The van der Waals surface area contributed by atoms with Crippen LogP contribution in [0.3, 0.4) is 0 Å². The molecule has 4 nitrogen and oxygen atoms in total. The summed E-state index contributed by atoms with van der Waals surface area (Å²) in [5.74, 6) is -0.757. The first-order chi connectivity index (χ1) is 5.21. The van der Waals surface area contributed by atoms with Gasteiger partial charge in [0.1, 0.15) is 0 Å². The Morgan fingerprint density at radius 3 is 1.58 bits per heavy atom. The van der Waals surface area contributed by atoms with Crippen molar-refractivity contribution >= 4 is 5.97 Å². The predicted molar refractivity (Wildman–Crippen MR) is 45.9 cm³/mol. The summed E-state index contributed by atoms with van der Waals surface area (Å²) < 4.78 is 0. The first kappa shape index (κ1) is 13.9. The van der Waals surface area contributed by atoms with Gasteiger partial charge in [-0.1, -0.05) is 0 Å². The lowest BCUT2D eigenvalue weighted by molar-refractivity contribution is -0.145. The average molecular weight is 178 g/mol. The van der Waals surface area contributed by atoms with Crippen molar-refractivity contribution in [2.45, 2.75) is 33.8 Å². The molecule has 0 radical (unpaired) electrons. The second-order valence-corrected chi connectivity index (χ2v) is 3.59. The summed E-state index contributed by atoms with van der Waals surface area (Å²) >= 11 is 0. The summed E-state index contributed by atoms with van der Waals surface area (Å²) in [4.78, 5) is 10.0. The summed E-state index contributed by atoms with van der Waals surface area (Å²) in [6, 6.07) is 0. The second-order valence-electron chi connectivity index (χ2n) is 3.59. The van der Waals surface area contributed by atoms with E-state index in [1.165, 1.54) is 6.92 Å². The Bertz CT molecular complexity index is 124. The largest absolute Gasteiger partial charge is 0.481 e. The number of hydrogen-bond donors (Lipinski definition) is 3. The molecular formula is C8H18O4. The lowest BCUT2D eigenvalue weighted by atomic mass is 9.98. The SMILES string of the molecule is CC(C)(C)C(=O)O.CC(O)CO. The van der Waals surface area contributed by atoms with E-state index in [0.29, 0.717) is 0 Å². The molecule has 0 fully saturated rings. The van der Waals surface area contributed by atoms with Gasteiger partial charge >= 0.3 is 5.97 Å². The maximum Gasteiger partial charge on any atom is 0.308 e. The van der Waals surface area contributed by atoms with E-state index in [4.69, 9.17) is 15.3 Å². The normalized spacial score (nSPS) is 12.8. The van der Waals surface area contributed by atoms with Crippen LogP contribution in [0.5, 0.6) is 0 Å². The predicted octanol–water partition coefficient (Wildman–Crippen LogP) is 0.477. The zero-order valence-electron chi connectivity index (χ0n) is 8.03. The molecule has 0 saturated carbocycles. The minimum atomic E-state index is -0.757. The molecule has 0 spiro atoms. The van der Waals surface area contributed by atoms with E-state index >= 15 is 0 Å². The first-order valence-corrected chi connectivity index (χ1v) is 3.74. The van der Waals surface area contributed by atoms with Gasteiger partial charge in [0.15, 0.2) is 0 Å². The number of aliphatic hydroxyl groups excluding tert-OH is 2. The molecule has 0 aliphatic carbocycles. The molecule has 0 rings (SSSR count). The summed E-state index contributed by atoms with van der Waals surface area (Å²) in [7, 11) is 0. The molecule has 0 aliphatic rings. The molecule has 0 amide bonds. The molecule has 0 heterocycles. The van der Waals surface area contributed by atoms with E-state index in [1.807, 2.05) is 0 Å². The zero-order chi connectivity index (χ0) is 10.4. The quantitative estimate of drug-likeness (QED) is 0.545. The standard InChI is InChI=1S/C5H10O2.C3H8O2/c1-5(2,3)4(6)7;1-3(5)2-4/h1-3H3,(H,6,7);3-5H,2H2,1H3. The van der Waals surface area contributed by atoms with E-state index < -0.39 is 17.5 Å². The summed E-state index contributed by atoms with van der Waals surface area (Å²) in [6.07, 6.45) is -0.560. The van der Waals surface area contributed by atoms with Crippen LogP contribution in [0.4, 0.5) is 0 Å². The summed E-state index contributed by atoms with van der Waals surface area (Å²) in [6.45, 7) is 6.38. The molecule has 0 aliphatic heterocycles. The number of carbonyl (C=O) groups is 1. The van der Waals surface area contributed by atoms with Gasteiger partial charge in [0.25, 0.3) is 0 Å². The summed E-state index contributed by atoms with van der Waals surface area (Å²) in [5.41, 5.74) is -0.583. The Morgan fingerprint density at radius 2 is 1.58 bits per heavy atom. The van der Waals surface area contributed by atoms with Gasteiger partial charge in [0.05, 0.1) is 18.1 Å². The smallest absolute Gasteiger partial charge is 0.308 e. The number of rotatable bonds is 1. The fraction of sp³-hybridized carbons (Fsp3) is 0.875. The van der Waals surface area contributed by atoms with E-state index in [1.54, 1.807) is 20.8 Å². The molecule has 1 unspecified atom stereocenters. The molecule has 74 valence electrons. The van der Waals surface area contributed by atoms with Gasteiger partial charge in [-0.25, -0.2) is 0 Å². The van der Waals surface area contributed by atoms with Gasteiger partial charge in [-0.2, -0.15) is 0 Å². The average Bonchev–Trinajstić information content (AvgIpc) is 1.87. The Hall–Kier alpha value is -0.610. The minimum absolute atomic E-state index is 0.139. The highest BCUT2D eigenvalue weighted by atomic mass is 16.4. The lowest BCUT2D eigenvalue weighted by Crippen LogP contribution is -2.18. The van der Waals surface area contributed by atoms with Crippen molar-refractivity contribution in [3.63, 3.8) is 0 Å². The monoisotopic (exact) mass is 178 g/mol. The number of carboxylic acids is 1. The highest BCUT2D eigenvalue weighted by Crippen LogP contribution is 2.11. The van der Waals surface area contributed by atoms with Crippen LogP contribution in [-0.4, -0.2) is 34.0 Å². The van der Waals surface area contributed by atoms with Crippen molar-refractivity contribution in [1.29, 1.82) is 0 Å². The van der Waals surface area contributed by atoms with Gasteiger partial charge in [0, 0.05) is 0 Å². The molecule has 1 atom stereocenters. The Kier molecular flexibility index (Phi) is 6.94. The van der Waals surface area contributed by atoms with Gasteiger partial charge in [-0.05, 0) is 27.7 Å². The van der Waals surface area contributed by atoms with Gasteiger partial charge in [-0.15, -0.1) is 0 Å². The highest BCUT2D eigenvalue weighted by molar-refractivity contribution is 5.72. The van der Waals surface area contributed by atoms with E-state index in [0.717, 1.165) is 0 Å². The molecule has 0 aromatic rings. The van der Waals surface area contributed by atoms with Crippen LogP contribution in [0.15, 0.2) is 0 Å². The Morgan fingerprint density at radius 1 is 1.42 bits per heavy atom. The lowest BCUT2D eigenvalue weighted by Gasteiger charge is -2.08. The van der Waals surface area contributed by atoms with E-state index in [-0.39, 0.29) is 6.61 Å². The topological polar surface area (TPSA) is 77.8 Å². The zero-order valence-corrected chi connectivity index (χ0v) is 8.03. The molecule has 0 aromatic carbocycles. The second kappa shape index (κ2) is 5.97. The number of hydrogen-bond acceptors (Lipinski definition) is 3. The van der Waals surface area contributed by atoms with Crippen molar-refractivity contribution in [3.8, 4) is 0 Å². The maximum absolute atomic E-state index is 10.0. The van der Waals surface area contributed by atoms with Crippen LogP contribution in [0.1, 0.15) is 27.7 Å². The maximum atomic E-state index is 10.0. The molecule has 4 heteroatoms. The third kappa shape index (κ3) is 12.1. The van der Waals surface area contributed by atoms with Crippen LogP contribution in [0, 0.1) is 5.41 Å². The van der Waals surface area contributed by atoms with Crippen molar-refractivity contribution in [2.75, 3.05) is 6.61 Å². The molecule has 0 aromatic heterocycles. The van der Waals surface area contributed by atoms with Crippen molar-refractivity contribution in [3.05, 3.63) is 0 Å². The molecule has 3 N–H and O–H groups in total. The minimum Gasteiger partial charge on any atom is -0.481 e.